The number of hydrogen-bond donors (Lipinski definition) is 0. The van der Waals surface area contributed by atoms with Crippen LogP contribution in [0.3, 0.4) is 0 Å². The van der Waals surface area contributed by atoms with Crippen LogP contribution in [-0.2, 0) is 6.18 Å². The zero-order valence-corrected chi connectivity index (χ0v) is 10.3. The maximum absolute atomic E-state index is 12.5. The highest BCUT2D eigenvalue weighted by Gasteiger charge is 2.34. The van der Waals surface area contributed by atoms with Crippen molar-refractivity contribution in [1.82, 2.24) is 0 Å². The van der Waals surface area contributed by atoms with Gasteiger partial charge in [0.1, 0.15) is 0 Å². The minimum Gasteiger partial charge on any atom is -0.294 e. The Balaban J connectivity index is 3.19. The van der Waals surface area contributed by atoms with Gasteiger partial charge < -0.3 is 0 Å². The quantitative estimate of drug-likeness (QED) is 0.601. The third-order valence-electron chi connectivity index (χ3n) is 1.93. The second-order valence-electron chi connectivity index (χ2n) is 3.03. The zero-order valence-electron chi connectivity index (χ0n) is 7.94. The summed E-state index contributed by atoms with van der Waals surface area (Å²) in [6.45, 7) is 0. The first-order valence-electron chi connectivity index (χ1n) is 4.32. The van der Waals surface area contributed by atoms with Crippen molar-refractivity contribution < 1.29 is 18.0 Å². The molecule has 1 rings (SSSR count). The molecule has 0 aromatic heterocycles. The summed E-state index contributed by atoms with van der Waals surface area (Å²) in [6, 6.07) is 3.46. The molecule has 0 fully saturated rings. The van der Waals surface area contributed by atoms with Gasteiger partial charge in [-0.1, -0.05) is 12.1 Å². The van der Waals surface area contributed by atoms with Crippen LogP contribution in [0.4, 0.5) is 13.2 Å². The van der Waals surface area contributed by atoms with Crippen LogP contribution in [0.5, 0.6) is 0 Å². The summed E-state index contributed by atoms with van der Waals surface area (Å²) in [7, 11) is 0. The van der Waals surface area contributed by atoms with E-state index in [-0.39, 0.29) is 22.3 Å². The molecule has 0 heterocycles. The van der Waals surface area contributed by atoms with Gasteiger partial charge in [0.25, 0.3) is 0 Å². The van der Waals surface area contributed by atoms with E-state index in [2.05, 4.69) is 15.9 Å². The van der Waals surface area contributed by atoms with Crippen molar-refractivity contribution in [1.29, 1.82) is 0 Å². The van der Waals surface area contributed by atoms with Gasteiger partial charge in [0.2, 0.25) is 0 Å². The molecule has 1 aromatic rings. The minimum atomic E-state index is -4.48. The second kappa shape index (κ2) is 5.19. The number of alkyl halides is 4. The first-order chi connectivity index (χ1) is 7.38. The van der Waals surface area contributed by atoms with Crippen molar-refractivity contribution >= 4 is 33.3 Å². The lowest BCUT2D eigenvalue weighted by Gasteiger charge is -2.11. The largest absolute Gasteiger partial charge is 0.417 e. The van der Waals surface area contributed by atoms with Gasteiger partial charge in [-0.15, -0.1) is 11.6 Å². The van der Waals surface area contributed by atoms with Crippen LogP contribution >= 0.6 is 27.5 Å². The lowest BCUT2D eigenvalue weighted by molar-refractivity contribution is -0.138. The predicted octanol–water partition coefficient (Wildman–Crippen LogP) is 4.28. The number of ketones is 1. The molecule has 0 N–H and O–H groups in total. The first-order valence-corrected chi connectivity index (χ1v) is 5.65. The summed E-state index contributed by atoms with van der Waals surface area (Å²) in [6.07, 6.45) is -4.46. The monoisotopic (exact) mass is 314 g/mol. The van der Waals surface area contributed by atoms with Gasteiger partial charge >= 0.3 is 6.18 Å². The van der Waals surface area contributed by atoms with E-state index in [4.69, 9.17) is 11.6 Å². The van der Waals surface area contributed by atoms with Crippen LogP contribution in [0.25, 0.3) is 0 Å². The molecule has 1 aromatic carbocycles. The fourth-order valence-electron chi connectivity index (χ4n) is 1.19. The van der Waals surface area contributed by atoms with E-state index in [0.29, 0.717) is 0 Å². The third-order valence-corrected chi connectivity index (χ3v) is 2.97. The summed E-state index contributed by atoms with van der Waals surface area (Å²) in [4.78, 5) is 11.5. The van der Waals surface area contributed by atoms with E-state index < -0.39 is 17.5 Å². The Morgan fingerprint density at radius 2 is 2.00 bits per heavy atom. The summed E-state index contributed by atoms with van der Waals surface area (Å²) >= 11 is 8.17. The van der Waals surface area contributed by atoms with E-state index in [1.807, 2.05) is 0 Å². The Bertz CT molecular complexity index is 404. The molecule has 0 aliphatic carbocycles. The molecule has 0 saturated carbocycles. The Hall–Kier alpha value is -0.550. The number of benzene rings is 1. The van der Waals surface area contributed by atoms with Crippen LogP contribution in [0.15, 0.2) is 22.7 Å². The van der Waals surface area contributed by atoms with E-state index in [0.717, 1.165) is 6.07 Å². The van der Waals surface area contributed by atoms with Crippen molar-refractivity contribution in [2.75, 3.05) is 5.88 Å². The van der Waals surface area contributed by atoms with Gasteiger partial charge in [0.15, 0.2) is 5.78 Å². The molecular weight excluding hydrogens is 308 g/mol. The predicted molar refractivity (Wildman–Crippen MR) is 58.8 cm³/mol. The lowest BCUT2D eigenvalue weighted by atomic mass is 10.1. The Labute approximate surface area is 104 Å². The summed E-state index contributed by atoms with van der Waals surface area (Å²) in [5.41, 5.74) is -0.844. The van der Waals surface area contributed by atoms with Gasteiger partial charge in [0, 0.05) is 22.3 Å². The second-order valence-corrected chi connectivity index (χ2v) is 4.20. The molecule has 1 nitrogen and oxygen atoms in total. The molecule has 0 unspecified atom stereocenters. The molecule has 0 atom stereocenters. The van der Waals surface area contributed by atoms with Crippen molar-refractivity contribution in [2.24, 2.45) is 0 Å². The minimum absolute atomic E-state index is 0.00970. The number of carbonyl (C=O) groups excluding carboxylic acids is 1. The average Bonchev–Trinajstić information content (AvgIpc) is 2.16. The van der Waals surface area contributed by atoms with Crippen molar-refractivity contribution in [3.8, 4) is 0 Å². The Morgan fingerprint density at radius 3 is 2.50 bits per heavy atom. The molecule has 88 valence electrons. The molecule has 0 aliphatic rings. The molecular formula is C10H7BrClF3O. The van der Waals surface area contributed by atoms with Crippen LogP contribution in [0, 0.1) is 0 Å². The van der Waals surface area contributed by atoms with Crippen molar-refractivity contribution in [3.63, 3.8) is 0 Å². The van der Waals surface area contributed by atoms with Gasteiger partial charge in [-0.05, 0) is 22.0 Å². The first kappa shape index (κ1) is 13.5. The van der Waals surface area contributed by atoms with Crippen LogP contribution < -0.4 is 0 Å². The Kier molecular flexibility index (Phi) is 4.38. The molecule has 6 heteroatoms. The van der Waals surface area contributed by atoms with Crippen molar-refractivity contribution in [3.05, 3.63) is 33.8 Å². The number of Topliss-reactive ketones (excluding diaryl/α,β-unsaturated/α-hetero) is 1. The molecule has 0 radical (unpaired) electrons. The number of hydrogen-bond acceptors (Lipinski definition) is 1. The topological polar surface area (TPSA) is 17.1 Å². The number of carbonyl (C=O) groups is 1. The number of rotatable bonds is 3. The summed E-state index contributed by atoms with van der Waals surface area (Å²) < 4.78 is 37.3. The molecule has 0 aliphatic heterocycles. The van der Waals surface area contributed by atoms with Crippen LogP contribution in [-0.4, -0.2) is 11.7 Å². The van der Waals surface area contributed by atoms with E-state index in [9.17, 15) is 18.0 Å². The molecule has 0 bridgehead atoms. The highest BCUT2D eigenvalue weighted by molar-refractivity contribution is 9.10. The SMILES string of the molecule is O=C(CCCl)c1cccc(C(F)(F)F)c1Br. The van der Waals surface area contributed by atoms with Crippen LogP contribution in [0.2, 0.25) is 0 Å². The highest BCUT2D eigenvalue weighted by Crippen LogP contribution is 2.36. The molecule has 0 spiro atoms. The maximum Gasteiger partial charge on any atom is 0.417 e. The van der Waals surface area contributed by atoms with Crippen LogP contribution in [0.1, 0.15) is 22.3 Å². The maximum atomic E-state index is 12.5. The van der Waals surface area contributed by atoms with Crippen molar-refractivity contribution in [2.45, 2.75) is 12.6 Å². The summed E-state index contributed by atoms with van der Waals surface area (Å²) in [5, 5.41) is 0. The molecule has 16 heavy (non-hydrogen) atoms. The number of halogens is 5. The average molecular weight is 316 g/mol. The lowest BCUT2D eigenvalue weighted by Crippen LogP contribution is -2.10. The fourth-order valence-corrected chi connectivity index (χ4v) is 2.07. The Morgan fingerprint density at radius 1 is 1.38 bits per heavy atom. The smallest absolute Gasteiger partial charge is 0.294 e. The van der Waals surface area contributed by atoms with Gasteiger partial charge in [-0.3, -0.25) is 4.79 Å². The van der Waals surface area contributed by atoms with Gasteiger partial charge in [0.05, 0.1) is 5.56 Å². The zero-order chi connectivity index (χ0) is 12.3. The standard InChI is InChI=1S/C10H7BrClF3O/c11-9-6(8(16)4-5-12)2-1-3-7(9)10(13,14)15/h1-3H,4-5H2. The van der Waals surface area contributed by atoms with E-state index in [1.54, 1.807) is 0 Å². The van der Waals surface area contributed by atoms with E-state index >= 15 is 0 Å². The van der Waals surface area contributed by atoms with E-state index in [1.165, 1.54) is 12.1 Å². The summed E-state index contributed by atoms with van der Waals surface area (Å²) in [5.74, 6) is -0.324. The highest BCUT2D eigenvalue weighted by atomic mass is 79.9. The molecule has 0 amide bonds. The normalized spacial score (nSPS) is 11.6. The molecule has 0 saturated heterocycles. The van der Waals surface area contributed by atoms with Gasteiger partial charge in [-0.25, -0.2) is 0 Å². The van der Waals surface area contributed by atoms with Gasteiger partial charge in [-0.2, -0.15) is 13.2 Å². The third kappa shape index (κ3) is 2.98. The fraction of sp³-hybridized carbons (Fsp3) is 0.300.